The average molecular weight is 225 g/mol. The molecule has 0 amide bonds. The van der Waals surface area contributed by atoms with E-state index in [1.165, 1.54) is 0 Å². The molecule has 1 aromatic rings. The van der Waals surface area contributed by atoms with Gasteiger partial charge in [-0.1, -0.05) is 37.1 Å². The molecule has 2 atom stereocenters. The summed E-state index contributed by atoms with van der Waals surface area (Å²) in [4.78, 5) is 0. The van der Waals surface area contributed by atoms with E-state index in [2.05, 4.69) is 6.92 Å². The summed E-state index contributed by atoms with van der Waals surface area (Å²) in [5.74, 6) is 0.672. The van der Waals surface area contributed by atoms with Crippen LogP contribution in [0, 0.1) is 5.92 Å². The first-order chi connectivity index (χ1) is 7.14. The Bertz CT molecular complexity index is 333. The van der Waals surface area contributed by atoms with Crippen molar-refractivity contribution in [3.05, 3.63) is 34.9 Å². The molecule has 1 fully saturated rings. The van der Waals surface area contributed by atoms with Crippen LogP contribution in [0.5, 0.6) is 0 Å². The van der Waals surface area contributed by atoms with Crippen molar-refractivity contribution < 1.29 is 5.11 Å². The molecule has 0 spiro atoms. The number of hydrogen-bond donors (Lipinski definition) is 1. The van der Waals surface area contributed by atoms with Crippen LogP contribution < -0.4 is 0 Å². The van der Waals surface area contributed by atoms with Crippen molar-refractivity contribution in [1.29, 1.82) is 0 Å². The molecule has 0 bridgehead atoms. The van der Waals surface area contributed by atoms with Crippen LogP contribution in [0.2, 0.25) is 5.02 Å². The standard InChI is InChI=1S/C13H17ClO/c1-2-10-7-8-13(15,9-10)11-3-5-12(14)6-4-11/h3-6,10,15H,2,7-9H2,1H3. The smallest absolute Gasteiger partial charge is 0.0899 e. The minimum absolute atomic E-state index is 0.606. The van der Waals surface area contributed by atoms with Gasteiger partial charge in [-0.25, -0.2) is 0 Å². The average Bonchev–Trinajstić information content (AvgIpc) is 2.62. The molecule has 0 aliphatic heterocycles. The Labute approximate surface area is 96.1 Å². The van der Waals surface area contributed by atoms with Gasteiger partial charge in [-0.2, -0.15) is 0 Å². The highest BCUT2D eigenvalue weighted by Crippen LogP contribution is 2.43. The van der Waals surface area contributed by atoms with Gasteiger partial charge in [0.2, 0.25) is 0 Å². The van der Waals surface area contributed by atoms with Gasteiger partial charge in [0, 0.05) is 5.02 Å². The lowest BCUT2D eigenvalue weighted by Gasteiger charge is -2.23. The third kappa shape index (κ3) is 2.19. The summed E-state index contributed by atoms with van der Waals surface area (Å²) in [6.07, 6.45) is 4.07. The van der Waals surface area contributed by atoms with E-state index in [0.717, 1.165) is 36.3 Å². The van der Waals surface area contributed by atoms with E-state index in [-0.39, 0.29) is 0 Å². The Balaban J connectivity index is 2.20. The highest BCUT2D eigenvalue weighted by Gasteiger charge is 2.37. The van der Waals surface area contributed by atoms with Crippen LogP contribution >= 0.6 is 11.6 Å². The van der Waals surface area contributed by atoms with Crippen LogP contribution in [0.1, 0.15) is 38.2 Å². The maximum atomic E-state index is 10.5. The molecule has 2 heteroatoms. The van der Waals surface area contributed by atoms with E-state index < -0.39 is 5.60 Å². The molecule has 2 rings (SSSR count). The maximum Gasteiger partial charge on any atom is 0.0899 e. The molecule has 0 saturated heterocycles. The molecule has 0 radical (unpaired) electrons. The van der Waals surface area contributed by atoms with Crippen molar-refractivity contribution in [2.45, 2.75) is 38.2 Å². The van der Waals surface area contributed by atoms with Gasteiger partial charge >= 0.3 is 0 Å². The van der Waals surface area contributed by atoms with Gasteiger partial charge in [-0.3, -0.25) is 0 Å². The summed E-state index contributed by atoms with van der Waals surface area (Å²) in [6.45, 7) is 2.19. The molecule has 0 aromatic heterocycles. The van der Waals surface area contributed by atoms with Gasteiger partial charge < -0.3 is 5.11 Å². The van der Waals surface area contributed by atoms with Crippen molar-refractivity contribution in [2.24, 2.45) is 5.92 Å². The fraction of sp³-hybridized carbons (Fsp3) is 0.538. The van der Waals surface area contributed by atoms with E-state index in [4.69, 9.17) is 11.6 Å². The van der Waals surface area contributed by atoms with Crippen LogP contribution in [0.4, 0.5) is 0 Å². The second-order valence-corrected chi connectivity index (χ2v) is 4.99. The molecule has 15 heavy (non-hydrogen) atoms. The van der Waals surface area contributed by atoms with Crippen molar-refractivity contribution in [3.8, 4) is 0 Å². The first-order valence-electron chi connectivity index (χ1n) is 5.62. The maximum absolute atomic E-state index is 10.5. The van der Waals surface area contributed by atoms with E-state index in [9.17, 15) is 5.11 Å². The quantitative estimate of drug-likeness (QED) is 0.812. The Kier molecular flexibility index (Phi) is 3.03. The molecule has 1 saturated carbocycles. The Morgan fingerprint density at radius 2 is 2.07 bits per heavy atom. The minimum atomic E-state index is -0.606. The lowest BCUT2D eigenvalue weighted by atomic mass is 9.91. The third-order valence-corrected chi connectivity index (χ3v) is 3.80. The summed E-state index contributed by atoms with van der Waals surface area (Å²) in [7, 11) is 0. The predicted octanol–water partition coefficient (Wildman–Crippen LogP) is 3.74. The van der Waals surface area contributed by atoms with Gasteiger partial charge in [0.25, 0.3) is 0 Å². The summed E-state index contributed by atoms with van der Waals surface area (Å²) in [5, 5.41) is 11.2. The molecule has 1 N–H and O–H groups in total. The highest BCUT2D eigenvalue weighted by atomic mass is 35.5. The fourth-order valence-electron chi connectivity index (χ4n) is 2.50. The Morgan fingerprint density at radius 3 is 2.60 bits per heavy atom. The number of rotatable bonds is 2. The molecule has 2 unspecified atom stereocenters. The van der Waals surface area contributed by atoms with Crippen LogP contribution in [-0.4, -0.2) is 5.11 Å². The molecular formula is C13H17ClO. The first kappa shape index (κ1) is 11.0. The number of aliphatic hydroxyl groups is 1. The highest BCUT2D eigenvalue weighted by molar-refractivity contribution is 6.30. The second-order valence-electron chi connectivity index (χ2n) is 4.56. The van der Waals surface area contributed by atoms with Crippen molar-refractivity contribution >= 4 is 11.6 Å². The zero-order valence-electron chi connectivity index (χ0n) is 9.04. The van der Waals surface area contributed by atoms with Gasteiger partial charge in [-0.05, 0) is 42.9 Å². The summed E-state index contributed by atoms with van der Waals surface area (Å²) >= 11 is 5.84. The molecular weight excluding hydrogens is 208 g/mol. The van der Waals surface area contributed by atoms with E-state index >= 15 is 0 Å². The van der Waals surface area contributed by atoms with Crippen LogP contribution in [-0.2, 0) is 5.60 Å². The van der Waals surface area contributed by atoms with E-state index in [1.54, 1.807) is 0 Å². The predicted molar refractivity (Wildman–Crippen MR) is 63.0 cm³/mol. The fourth-order valence-corrected chi connectivity index (χ4v) is 2.62. The lowest BCUT2D eigenvalue weighted by Crippen LogP contribution is -2.21. The van der Waals surface area contributed by atoms with Gasteiger partial charge in [-0.15, -0.1) is 0 Å². The largest absolute Gasteiger partial charge is 0.385 e. The number of hydrogen-bond acceptors (Lipinski definition) is 1. The lowest BCUT2D eigenvalue weighted by molar-refractivity contribution is 0.0398. The van der Waals surface area contributed by atoms with E-state index in [0.29, 0.717) is 5.92 Å². The minimum Gasteiger partial charge on any atom is -0.385 e. The van der Waals surface area contributed by atoms with E-state index in [1.807, 2.05) is 24.3 Å². The second kappa shape index (κ2) is 4.15. The zero-order valence-corrected chi connectivity index (χ0v) is 9.80. The zero-order chi connectivity index (χ0) is 10.9. The SMILES string of the molecule is CCC1CCC(O)(c2ccc(Cl)cc2)C1. The summed E-state index contributed by atoms with van der Waals surface area (Å²) in [5.41, 5.74) is 0.411. The van der Waals surface area contributed by atoms with Gasteiger partial charge in [0.1, 0.15) is 0 Å². The Hall–Kier alpha value is -0.530. The van der Waals surface area contributed by atoms with Crippen molar-refractivity contribution in [3.63, 3.8) is 0 Å². The topological polar surface area (TPSA) is 20.2 Å². The van der Waals surface area contributed by atoms with Gasteiger partial charge in [0.05, 0.1) is 5.60 Å². The van der Waals surface area contributed by atoms with Crippen molar-refractivity contribution in [2.75, 3.05) is 0 Å². The monoisotopic (exact) mass is 224 g/mol. The third-order valence-electron chi connectivity index (χ3n) is 3.55. The molecule has 1 aliphatic rings. The molecule has 82 valence electrons. The summed E-state index contributed by atoms with van der Waals surface area (Å²) in [6, 6.07) is 7.60. The van der Waals surface area contributed by atoms with Crippen LogP contribution in [0.15, 0.2) is 24.3 Å². The Morgan fingerprint density at radius 1 is 1.40 bits per heavy atom. The normalized spacial score (nSPS) is 30.7. The van der Waals surface area contributed by atoms with Crippen LogP contribution in [0.3, 0.4) is 0 Å². The summed E-state index contributed by atoms with van der Waals surface area (Å²) < 4.78 is 0. The van der Waals surface area contributed by atoms with Crippen LogP contribution in [0.25, 0.3) is 0 Å². The molecule has 1 aliphatic carbocycles. The first-order valence-corrected chi connectivity index (χ1v) is 6.00. The van der Waals surface area contributed by atoms with Crippen molar-refractivity contribution in [1.82, 2.24) is 0 Å². The van der Waals surface area contributed by atoms with Gasteiger partial charge in [0.15, 0.2) is 0 Å². The number of benzene rings is 1. The molecule has 1 aromatic carbocycles. The molecule has 0 heterocycles. The number of halogens is 1. The molecule has 1 nitrogen and oxygen atoms in total.